The maximum atomic E-state index is 9.68. The molecule has 0 saturated carbocycles. The van der Waals surface area contributed by atoms with E-state index in [2.05, 4.69) is 19.2 Å². The van der Waals surface area contributed by atoms with Crippen LogP contribution in [0.4, 0.5) is 0 Å². The third-order valence-electron chi connectivity index (χ3n) is 2.36. The molecule has 0 amide bonds. The van der Waals surface area contributed by atoms with Gasteiger partial charge in [-0.3, -0.25) is 0 Å². The van der Waals surface area contributed by atoms with E-state index in [9.17, 15) is 5.11 Å². The fourth-order valence-corrected chi connectivity index (χ4v) is 1.42. The van der Waals surface area contributed by atoms with Crippen molar-refractivity contribution >= 4 is 0 Å². The molecule has 0 aliphatic heterocycles. The Morgan fingerprint density at radius 2 is 1.94 bits per heavy atom. The van der Waals surface area contributed by atoms with Crippen molar-refractivity contribution < 1.29 is 9.84 Å². The molecule has 4 nitrogen and oxygen atoms in total. The zero-order valence-electron chi connectivity index (χ0n) is 10.9. The predicted octanol–water partition coefficient (Wildman–Crippen LogP) is 1.54. The van der Waals surface area contributed by atoms with Crippen LogP contribution in [0, 0.1) is 17.2 Å². The summed E-state index contributed by atoms with van der Waals surface area (Å²) in [7, 11) is 0. The van der Waals surface area contributed by atoms with Crippen LogP contribution in [0.1, 0.15) is 19.4 Å². The van der Waals surface area contributed by atoms with Crippen molar-refractivity contribution in [2.75, 3.05) is 19.7 Å². The lowest BCUT2D eigenvalue weighted by Crippen LogP contribution is -2.33. The molecular formula is C14H20N2O2. The van der Waals surface area contributed by atoms with Crippen LogP contribution >= 0.6 is 0 Å². The number of hydrogen-bond acceptors (Lipinski definition) is 4. The molecule has 0 bridgehead atoms. The fourth-order valence-electron chi connectivity index (χ4n) is 1.42. The Balaban J connectivity index is 2.25. The van der Waals surface area contributed by atoms with Gasteiger partial charge >= 0.3 is 0 Å². The summed E-state index contributed by atoms with van der Waals surface area (Å²) in [4.78, 5) is 0. The number of nitrogens with one attached hydrogen (secondary N) is 1. The third kappa shape index (κ3) is 5.67. The Hall–Kier alpha value is -1.57. The molecule has 2 N–H and O–H groups in total. The normalized spacial score (nSPS) is 12.2. The van der Waals surface area contributed by atoms with Crippen molar-refractivity contribution in [3.05, 3.63) is 29.8 Å². The monoisotopic (exact) mass is 248 g/mol. The molecule has 0 aliphatic carbocycles. The molecule has 0 aromatic heterocycles. The van der Waals surface area contributed by atoms with Crippen molar-refractivity contribution in [3.8, 4) is 11.8 Å². The second kappa shape index (κ2) is 7.70. The van der Waals surface area contributed by atoms with E-state index in [0.29, 0.717) is 23.8 Å². The summed E-state index contributed by atoms with van der Waals surface area (Å²) in [5, 5.41) is 21.5. The van der Waals surface area contributed by atoms with Gasteiger partial charge in [0.1, 0.15) is 18.5 Å². The number of hydrogen-bond donors (Lipinski definition) is 2. The summed E-state index contributed by atoms with van der Waals surface area (Å²) in [6.07, 6.45) is -0.528. The Labute approximate surface area is 108 Å². The number of rotatable bonds is 7. The molecular weight excluding hydrogens is 228 g/mol. The number of benzene rings is 1. The van der Waals surface area contributed by atoms with Crippen molar-refractivity contribution in [1.29, 1.82) is 5.26 Å². The van der Waals surface area contributed by atoms with E-state index in [1.165, 1.54) is 0 Å². The highest BCUT2D eigenvalue weighted by atomic mass is 16.5. The van der Waals surface area contributed by atoms with Gasteiger partial charge in [-0.2, -0.15) is 5.26 Å². The van der Waals surface area contributed by atoms with Crippen LogP contribution in [-0.2, 0) is 0 Å². The van der Waals surface area contributed by atoms with Crippen LogP contribution in [0.15, 0.2) is 24.3 Å². The van der Waals surface area contributed by atoms with Crippen LogP contribution in [0.5, 0.6) is 5.75 Å². The SMILES string of the molecule is CC(C)CNCC(O)COc1ccc(C#N)cc1. The fraction of sp³-hybridized carbons (Fsp3) is 0.500. The lowest BCUT2D eigenvalue weighted by molar-refractivity contribution is 0.106. The highest BCUT2D eigenvalue weighted by Gasteiger charge is 2.05. The van der Waals surface area contributed by atoms with Gasteiger partial charge in [-0.15, -0.1) is 0 Å². The Kier molecular flexibility index (Phi) is 6.20. The first-order valence-electron chi connectivity index (χ1n) is 6.13. The topological polar surface area (TPSA) is 65.3 Å². The molecule has 0 saturated heterocycles. The van der Waals surface area contributed by atoms with Crippen molar-refractivity contribution in [1.82, 2.24) is 5.32 Å². The minimum absolute atomic E-state index is 0.247. The average Bonchev–Trinajstić information content (AvgIpc) is 2.36. The molecule has 1 aromatic rings. The van der Waals surface area contributed by atoms with Crippen molar-refractivity contribution in [2.45, 2.75) is 20.0 Å². The van der Waals surface area contributed by atoms with Gasteiger partial charge < -0.3 is 15.2 Å². The first kappa shape index (κ1) is 14.5. The quantitative estimate of drug-likeness (QED) is 0.768. The molecule has 0 aliphatic rings. The highest BCUT2D eigenvalue weighted by molar-refractivity contribution is 5.34. The van der Waals surface area contributed by atoms with E-state index in [4.69, 9.17) is 10.00 Å². The number of nitriles is 1. The van der Waals surface area contributed by atoms with Gasteiger partial charge in [-0.05, 0) is 36.7 Å². The standard InChI is InChI=1S/C14H20N2O2/c1-11(2)8-16-9-13(17)10-18-14-5-3-12(7-15)4-6-14/h3-6,11,13,16-17H,8-10H2,1-2H3. The average molecular weight is 248 g/mol. The number of nitrogens with zero attached hydrogens (tertiary/aromatic N) is 1. The maximum absolute atomic E-state index is 9.68. The summed E-state index contributed by atoms with van der Waals surface area (Å²) in [5.74, 6) is 1.23. The van der Waals surface area contributed by atoms with Gasteiger partial charge in [0.15, 0.2) is 0 Å². The third-order valence-corrected chi connectivity index (χ3v) is 2.36. The summed E-state index contributed by atoms with van der Waals surface area (Å²) < 4.78 is 5.43. The van der Waals surface area contributed by atoms with E-state index in [1.54, 1.807) is 24.3 Å². The van der Waals surface area contributed by atoms with E-state index < -0.39 is 6.10 Å². The largest absolute Gasteiger partial charge is 0.491 e. The summed E-state index contributed by atoms with van der Waals surface area (Å²) in [5.41, 5.74) is 0.599. The Morgan fingerprint density at radius 3 is 2.50 bits per heavy atom. The second-order valence-electron chi connectivity index (χ2n) is 4.65. The first-order chi connectivity index (χ1) is 8.61. The molecule has 1 atom stereocenters. The minimum Gasteiger partial charge on any atom is -0.491 e. The molecule has 1 rings (SSSR count). The Morgan fingerprint density at radius 1 is 1.28 bits per heavy atom. The van der Waals surface area contributed by atoms with E-state index >= 15 is 0 Å². The zero-order valence-corrected chi connectivity index (χ0v) is 10.9. The highest BCUT2D eigenvalue weighted by Crippen LogP contribution is 2.11. The van der Waals surface area contributed by atoms with Gasteiger partial charge in [-0.1, -0.05) is 13.8 Å². The van der Waals surface area contributed by atoms with Crippen LogP contribution in [0.25, 0.3) is 0 Å². The van der Waals surface area contributed by atoms with Crippen molar-refractivity contribution in [2.24, 2.45) is 5.92 Å². The molecule has 0 heterocycles. The molecule has 0 spiro atoms. The minimum atomic E-state index is -0.528. The van der Waals surface area contributed by atoms with E-state index in [1.807, 2.05) is 6.07 Å². The number of aliphatic hydroxyl groups excluding tert-OH is 1. The molecule has 4 heteroatoms. The lowest BCUT2D eigenvalue weighted by atomic mass is 10.2. The summed E-state index contributed by atoms with van der Waals surface area (Å²) in [6.45, 7) is 5.89. The number of aliphatic hydroxyl groups is 1. The first-order valence-corrected chi connectivity index (χ1v) is 6.13. The summed E-state index contributed by atoms with van der Waals surface area (Å²) >= 11 is 0. The number of ether oxygens (including phenoxy) is 1. The lowest BCUT2D eigenvalue weighted by Gasteiger charge is -2.14. The van der Waals surface area contributed by atoms with E-state index in [0.717, 1.165) is 6.54 Å². The van der Waals surface area contributed by atoms with Crippen LogP contribution in [0.3, 0.4) is 0 Å². The van der Waals surface area contributed by atoms with Gasteiger partial charge in [0.25, 0.3) is 0 Å². The molecule has 0 fully saturated rings. The van der Waals surface area contributed by atoms with Gasteiger partial charge in [0.05, 0.1) is 11.6 Å². The second-order valence-corrected chi connectivity index (χ2v) is 4.65. The van der Waals surface area contributed by atoms with Crippen LogP contribution < -0.4 is 10.1 Å². The molecule has 1 aromatic carbocycles. The molecule has 0 radical (unpaired) electrons. The summed E-state index contributed by atoms with van der Waals surface area (Å²) in [6, 6.07) is 8.89. The zero-order chi connectivity index (χ0) is 13.4. The maximum Gasteiger partial charge on any atom is 0.119 e. The van der Waals surface area contributed by atoms with Gasteiger partial charge in [0.2, 0.25) is 0 Å². The molecule has 18 heavy (non-hydrogen) atoms. The molecule has 98 valence electrons. The predicted molar refractivity (Wildman–Crippen MR) is 70.4 cm³/mol. The molecule has 1 unspecified atom stereocenters. The van der Waals surface area contributed by atoms with Gasteiger partial charge in [0, 0.05) is 6.54 Å². The van der Waals surface area contributed by atoms with Gasteiger partial charge in [-0.25, -0.2) is 0 Å². The van der Waals surface area contributed by atoms with E-state index in [-0.39, 0.29) is 6.61 Å². The Bertz CT molecular complexity index is 382. The van der Waals surface area contributed by atoms with Crippen molar-refractivity contribution in [3.63, 3.8) is 0 Å². The smallest absolute Gasteiger partial charge is 0.119 e. The van der Waals surface area contributed by atoms with Crippen LogP contribution in [-0.4, -0.2) is 30.9 Å². The van der Waals surface area contributed by atoms with Crippen LogP contribution in [0.2, 0.25) is 0 Å².